The summed E-state index contributed by atoms with van der Waals surface area (Å²) < 4.78 is 78.6. The highest BCUT2D eigenvalue weighted by molar-refractivity contribution is 7.86. The van der Waals surface area contributed by atoms with E-state index >= 15 is 0 Å². The highest BCUT2D eigenvalue weighted by Crippen LogP contribution is 2.33. The van der Waals surface area contributed by atoms with E-state index < -0.39 is 38.9 Å². The van der Waals surface area contributed by atoms with Crippen LogP contribution in [0.1, 0.15) is 18.9 Å². The van der Waals surface area contributed by atoms with Crippen LogP contribution in [0.3, 0.4) is 0 Å². The van der Waals surface area contributed by atoms with Crippen molar-refractivity contribution in [3.05, 3.63) is 41.4 Å². The first-order chi connectivity index (χ1) is 9.99. The molecule has 0 radical (unpaired) electrons. The Morgan fingerprint density at radius 1 is 1.27 bits per heavy atom. The first kappa shape index (κ1) is 18.4. The predicted octanol–water partition coefficient (Wildman–Crippen LogP) is 3.21. The first-order valence-electron chi connectivity index (χ1n) is 6.15. The van der Waals surface area contributed by atoms with Gasteiger partial charge in [0, 0.05) is 0 Å². The molecule has 4 nitrogen and oxygen atoms in total. The molecule has 124 valence electrons. The zero-order valence-corrected chi connectivity index (χ0v) is 12.5. The van der Waals surface area contributed by atoms with E-state index in [0.29, 0.717) is 5.56 Å². The molecule has 1 rings (SSSR count). The van der Waals surface area contributed by atoms with Crippen LogP contribution in [-0.4, -0.2) is 25.8 Å². The molecule has 0 aliphatic heterocycles. The van der Waals surface area contributed by atoms with E-state index in [1.807, 2.05) is 0 Å². The van der Waals surface area contributed by atoms with Crippen molar-refractivity contribution in [3.63, 3.8) is 0 Å². The predicted molar refractivity (Wildman–Crippen MR) is 69.9 cm³/mol. The van der Waals surface area contributed by atoms with Gasteiger partial charge >= 0.3 is 16.3 Å². The maximum Gasteiger partial charge on any atom is 0.446 e. The SMILES string of the molecule is CCC(O)/C(OS(=O)(=O)c1ccc(C)cc1)=C(/F)C(F)(F)F. The van der Waals surface area contributed by atoms with Crippen LogP contribution < -0.4 is 0 Å². The van der Waals surface area contributed by atoms with Crippen molar-refractivity contribution in [2.24, 2.45) is 0 Å². The third-order valence-corrected chi connectivity index (χ3v) is 3.91. The van der Waals surface area contributed by atoms with Crippen molar-refractivity contribution >= 4 is 10.1 Å². The maximum absolute atomic E-state index is 13.3. The number of benzene rings is 1. The fraction of sp³-hybridized carbons (Fsp3) is 0.385. The largest absolute Gasteiger partial charge is 0.446 e. The summed E-state index contributed by atoms with van der Waals surface area (Å²) in [6.07, 6.45) is -7.86. The van der Waals surface area contributed by atoms with Crippen LogP contribution in [0.25, 0.3) is 0 Å². The zero-order chi connectivity index (χ0) is 17.1. The summed E-state index contributed by atoms with van der Waals surface area (Å²) in [6, 6.07) is 5.00. The fourth-order valence-electron chi connectivity index (χ4n) is 1.43. The van der Waals surface area contributed by atoms with Gasteiger partial charge in [0.05, 0.1) is 0 Å². The van der Waals surface area contributed by atoms with E-state index in [1.54, 1.807) is 6.92 Å². The third-order valence-electron chi connectivity index (χ3n) is 2.66. The van der Waals surface area contributed by atoms with Gasteiger partial charge in [0.2, 0.25) is 5.83 Å². The van der Waals surface area contributed by atoms with Gasteiger partial charge in [-0.3, -0.25) is 0 Å². The Hall–Kier alpha value is -1.61. The van der Waals surface area contributed by atoms with Crippen LogP contribution in [0.2, 0.25) is 0 Å². The highest BCUT2D eigenvalue weighted by Gasteiger charge is 2.41. The highest BCUT2D eigenvalue weighted by atomic mass is 32.2. The van der Waals surface area contributed by atoms with Crippen LogP contribution in [-0.2, 0) is 14.3 Å². The Morgan fingerprint density at radius 3 is 2.18 bits per heavy atom. The van der Waals surface area contributed by atoms with Crippen LogP contribution in [0.4, 0.5) is 17.6 Å². The van der Waals surface area contributed by atoms with Crippen molar-refractivity contribution in [1.82, 2.24) is 0 Å². The Bertz CT molecular complexity index is 648. The van der Waals surface area contributed by atoms with Crippen molar-refractivity contribution < 1.29 is 35.3 Å². The van der Waals surface area contributed by atoms with E-state index in [9.17, 15) is 31.1 Å². The van der Waals surface area contributed by atoms with Gasteiger partial charge < -0.3 is 9.29 Å². The van der Waals surface area contributed by atoms with Crippen LogP contribution >= 0.6 is 0 Å². The number of aryl methyl sites for hydroxylation is 1. The number of aliphatic hydroxyl groups excluding tert-OH is 1. The van der Waals surface area contributed by atoms with Crippen LogP contribution in [0.5, 0.6) is 0 Å². The van der Waals surface area contributed by atoms with E-state index in [1.165, 1.54) is 19.1 Å². The first-order valence-corrected chi connectivity index (χ1v) is 7.56. The normalized spacial score (nSPS) is 15.2. The molecule has 0 amide bonds. The molecule has 0 saturated heterocycles. The molecular formula is C13H14F4O4S. The standard InChI is InChI=1S/C13H14F4O4S/c1-3-10(18)11(12(14)13(15,16)17)21-22(19,20)9-6-4-8(2)5-7-9/h4-7,10,18H,3H2,1-2H3/b12-11-. The summed E-state index contributed by atoms with van der Waals surface area (Å²) in [5.41, 5.74) is 0.713. The number of hydrogen-bond donors (Lipinski definition) is 1. The second-order valence-electron chi connectivity index (χ2n) is 4.45. The molecule has 0 aliphatic rings. The molecule has 1 aromatic rings. The lowest BCUT2D eigenvalue weighted by Gasteiger charge is -2.17. The molecule has 9 heteroatoms. The monoisotopic (exact) mass is 342 g/mol. The Kier molecular flexibility index (Phi) is 5.58. The molecule has 0 aromatic heterocycles. The van der Waals surface area contributed by atoms with E-state index in [4.69, 9.17) is 0 Å². The van der Waals surface area contributed by atoms with Gasteiger partial charge in [-0.2, -0.15) is 26.0 Å². The molecule has 1 aromatic carbocycles. The minimum Gasteiger partial charge on any atom is -0.385 e. The molecule has 1 N–H and O–H groups in total. The van der Waals surface area contributed by atoms with Crippen molar-refractivity contribution in [2.75, 3.05) is 0 Å². The summed E-state index contributed by atoms with van der Waals surface area (Å²) >= 11 is 0. The molecule has 22 heavy (non-hydrogen) atoms. The molecule has 0 bridgehead atoms. The summed E-state index contributed by atoms with van der Waals surface area (Å²) in [7, 11) is -4.69. The minimum absolute atomic E-state index is 0.359. The molecular weight excluding hydrogens is 328 g/mol. The van der Waals surface area contributed by atoms with E-state index in [-0.39, 0.29) is 6.42 Å². The van der Waals surface area contributed by atoms with Gasteiger partial charge in [-0.1, -0.05) is 24.6 Å². The number of rotatable bonds is 5. The van der Waals surface area contributed by atoms with E-state index in [0.717, 1.165) is 12.1 Å². The lowest BCUT2D eigenvalue weighted by molar-refractivity contribution is -0.113. The molecule has 0 spiro atoms. The average Bonchev–Trinajstić information content (AvgIpc) is 2.42. The second kappa shape index (κ2) is 6.66. The summed E-state index contributed by atoms with van der Waals surface area (Å²) in [6.45, 7) is 2.92. The Labute approximate surface area is 125 Å². The average molecular weight is 342 g/mol. The fourth-order valence-corrected chi connectivity index (χ4v) is 2.42. The Morgan fingerprint density at radius 2 is 1.77 bits per heavy atom. The number of aliphatic hydroxyl groups is 1. The number of allylic oxidation sites excluding steroid dienone is 1. The van der Waals surface area contributed by atoms with Crippen LogP contribution in [0, 0.1) is 6.92 Å². The van der Waals surface area contributed by atoms with Gasteiger partial charge in [-0.25, -0.2) is 0 Å². The van der Waals surface area contributed by atoms with Gasteiger partial charge in [0.25, 0.3) is 0 Å². The molecule has 0 aliphatic carbocycles. The summed E-state index contributed by atoms with van der Waals surface area (Å²) in [4.78, 5) is -0.450. The second-order valence-corrected chi connectivity index (χ2v) is 6.00. The molecule has 1 atom stereocenters. The van der Waals surface area contributed by atoms with Crippen molar-refractivity contribution in [1.29, 1.82) is 0 Å². The van der Waals surface area contributed by atoms with Gasteiger partial charge in [-0.15, -0.1) is 0 Å². The van der Waals surface area contributed by atoms with E-state index in [2.05, 4.69) is 4.18 Å². The van der Waals surface area contributed by atoms with Crippen LogP contribution in [0.15, 0.2) is 40.7 Å². The molecule has 0 fully saturated rings. The van der Waals surface area contributed by atoms with Gasteiger partial charge in [0.1, 0.15) is 11.0 Å². The summed E-state index contributed by atoms with van der Waals surface area (Å²) in [5, 5.41) is 9.42. The topological polar surface area (TPSA) is 63.6 Å². The van der Waals surface area contributed by atoms with Crippen molar-refractivity contribution in [2.45, 2.75) is 37.4 Å². The minimum atomic E-state index is -5.46. The quantitative estimate of drug-likeness (QED) is 0.507. The lowest BCUT2D eigenvalue weighted by atomic mass is 10.2. The summed E-state index contributed by atoms with van der Waals surface area (Å²) in [5.74, 6) is -4.45. The number of alkyl halides is 3. The number of halogens is 4. The lowest BCUT2D eigenvalue weighted by Crippen LogP contribution is -2.22. The zero-order valence-electron chi connectivity index (χ0n) is 11.7. The van der Waals surface area contributed by atoms with Gasteiger partial charge in [0.15, 0.2) is 5.76 Å². The third kappa shape index (κ3) is 4.44. The van der Waals surface area contributed by atoms with Crippen molar-refractivity contribution in [3.8, 4) is 0 Å². The van der Waals surface area contributed by atoms with Gasteiger partial charge in [-0.05, 0) is 25.5 Å². The smallest absolute Gasteiger partial charge is 0.385 e. The Balaban J connectivity index is 3.28. The molecule has 0 heterocycles. The maximum atomic E-state index is 13.3. The molecule has 1 unspecified atom stereocenters. The molecule has 0 saturated carbocycles. The number of hydrogen-bond acceptors (Lipinski definition) is 4.